The molecule has 0 aromatic heterocycles. The Kier molecular flexibility index (Phi) is 4.39. The Morgan fingerprint density at radius 1 is 1.47 bits per heavy atom. The van der Waals surface area contributed by atoms with Gasteiger partial charge >= 0.3 is 5.97 Å². The van der Waals surface area contributed by atoms with Crippen molar-refractivity contribution in [3.63, 3.8) is 0 Å². The molecule has 1 aromatic rings. The molecule has 1 rings (SSSR count). The van der Waals surface area contributed by atoms with Crippen LogP contribution in [-0.2, 0) is 9.53 Å². The summed E-state index contributed by atoms with van der Waals surface area (Å²) in [5.41, 5.74) is 0.661. The highest BCUT2D eigenvalue weighted by atomic mass is 16.5. The van der Waals surface area contributed by atoms with E-state index in [9.17, 15) is 9.90 Å². The van der Waals surface area contributed by atoms with Crippen LogP contribution in [0.1, 0.15) is 18.6 Å². The fourth-order valence-corrected chi connectivity index (χ4v) is 1.01. The third-order valence-electron chi connectivity index (χ3n) is 1.70. The summed E-state index contributed by atoms with van der Waals surface area (Å²) in [5, 5.41) is 9.56. The highest BCUT2D eigenvalue weighted by Crippen LogP contribution is 2.09. The van der Waals surface area contributed by atoms with Crippen LogP contribution in [0, 0.1) is 11.8 Å². The van der Waals surface area contributed by atoms with Crippen molar-refractivity contribution in [3.8, 4) is 11.8 Å². The van der Waals surface area contributed by atoms with Gasteiger partial charge in [-0.25, -0.2) is 4.79 Å². The second-order valence-electron chi connectivity index (χ2n) is 2.80. The van der Waals surface area contributed by atoms with Crippen molar-refractivity contribution >= 4 is 5.97 Å². The first-order chi connectivity index (χ1) is 7.24. The van der Waals surface area contributed by atoms with Crippen LogP contribution in [0.4, 0.5) is 0 Å². The van der Waals surface area contributed by atoms with Crippen molar-refractivity contribution in [2.75, 3.05) is 6.61 Å². The molecule has 0 bridgehead atoms. The molecule has 0 heterocycles. The second kappa shape index (κ2) is 5.84. The number of aliphatic hydroxyl groups is 1. The van der Waals surface area contributed by atoms with Crippen molar-refractivity contribution < 1.29 is 14.6 Å². The lowest BCUT2D eigenvalue weighted by molar-refractivity contribution is -0.136. The standard InChI is InChI=1S/C12H12O3/c1-2-15-12(14)9-8-11(13)10-6-4-3-5-7-10/h3-7,11,13H,2H2,1H3. The molecule has 1 N–H and O–H groups in total. The van der Waals surface area contributed by atoms with Gasteiger partial charge < -0.3 is 9.84 Å². The summed E-state index contributed by atoms with van der Waals surface area (Å²) in [5.74, 6) is 4.02. The third-order valence-corrected chi connectivity index (χ3v) is 1.70. The van der Waals surface area contributed by atoms with Crippen molar-refractivity contribution in [1.29, 1.82) is 0 Å². The normalized spacial score (nSPS) is 11.1. The molecule has 1 atom stereocenters. The van der Waals surface area contributed by atoms with Crippen molar-refractivity contribution in [1.82, 2.24) is 0 Å². The molecule has 3 heteroatoms. The Labute approximate surface area is 88.7 Å². The van der Waals surface area contributed by atoms with Gasteiger partial charge in [-0.05, 0) is 12.5 Å². The summed E-state index contributed by atoms with van der Waals surface area (Å²) in [7, 11) is 0. The molecule has 0 aliphatic heterocycles. The zero-order valence-corrected chi connectivity index (χ0v) is 8.43. The SMILES string of the molecule is CCOC(=O)C#CC(O)c1ccccc1. The number of hydrogen-bond donors (Lipinski definition) is 1. The predicted octanol–water partition coefficient (Wildman–Crippen LogP) is 1.29. The van der Waals surface area contributed by atoms with Gasteiger partial charge in [-0.1, -0.05) is 36.3 Å². The van der Waals surface area contributed by atoms with E-state index in [0.717, 1.165) is 0 Å². The minimum absolute atomic E-state index is 0.287. The molecule has 0 saturated carbocycles. The molecule has 15 heavy (non-hydrogen) atoms. The van der Waals surface area contributed by atoms with E-state index in [1.54, 1.807) is 31.2 Å². The summed E-state index contributed by atoms with van der Waals surface area (Å²) in [6.45, 7) is 1.99. The summed E-state index contributed by atoms with van der Waals surface area (Å²) < 4.78 is 4.60. The van der Waals surface area contributed by atoms with Crippen LogP contribution >= 0.6 is 0 Å². The van der Waals surface area contributed by atoms with Gasteiger partial charge in [-0.2, -0.15) is 0 Å². The lowest BCUT2D eigenvalue weighted by Crippen LogP contribution is -2.01. The van der Waals surface area contributed by atoms with Gasteiger partial charge in [-0.15, -0.1) is 0 Å². The Morgan fingerprint density at radius 3 is 2.73 bits per heavy atom. The van der Waals surface area contributed by atoms with Gasteiger partial charge in [0.05, 0.1) is 6.61 Å². The van der Waals surface area contributed by atoms with Gasteiger partial charge in [-0.3, -0.25) is 0 Å². The average molecular weight is 204 g/mol. The summed E-state index contributed by atoms with van der Waals surface area (Å²) >= 11 is 0. The average Bonchev–Trinajstić information content (AvgIpc) is 2.27. The summed E-state index contributed by atoms with van der Waals surface area (Å²) in [6.07, 6.45) is -0.949. The largest absolute Gasteiger partial charge is 0.456 e. The molecule has 0 saturated heterocycles. The number of rotatable bonds is 2. The Balaban J connectivity index is 2.63. The number of ether oxygens (including phenoxy) is 1. The topological polar surface area (TPSA) is 46.5 Å². The monoisotopic (exact) mass is 204 g/mol. The third kappa shape index (κ3) is 3.84. The maximum absolute atomic E-state index is 10.9. The van der Waals surface area contributed by atoms with Crippen LogP contribution in [-0.4, -0.2) is 17.7 Å². The van der Waals surface area contributed by atoms with Gasteiger partial charge in [0.25, 0.3) is 0 Å². The molecule has 0 amide bonds. The van der Waals surface area contributed by atoms with Crippen LogP contribution in [0.3, 0.4) is 0 Å². The summed E-state index contributed by atoms with van der Waals surface area (Å²) in [4.78, 5) is 10.9. The van der Waals surface area contributed by atoms with Crippen LogP contribution in [0.25, 0.3) is 0 Å². The minimum atomic E-state index is -0.949. The molecule has 0 radical (unpaired) electrons. The van der Waals surface area contributed by atoms with E-state index in [1.807, 2.05) is 6.07 Å². The maximum atomic E-state index is 10.9. The van der Waals surface area contributed by atoms with Crippen molar-refractivity contribution in [2.24, 2.45) is 0 Å². The van der Waals surface area contributed by atoms with E-state index in [-0.39, 0.29) is 6.61 Å². The number of aliphatic hydroxyl groups excluding tert-OH is 1. The molecule has 1 unspecified atom stereocenters. The highest BCUT2D eigenvalue weighted by Gasteiger charge is 2.02. The molecular formula is C12H12O3. The number of hydrogen-bond acceptors (Lipinski definition) is 3. The number of esters is 1. The van der Waals surface area contributed by atoms with Gasteiger partial charge in [0.15, 0.2) is 0 Å². The number of carbonyl (C=O) groups excluding carboxylic acids is 1. The van der Waals surface area contributed by atoms with E-state index in [1.165, 1.54) is 0 Å². The first kappa shape index (κ1) is 11.3. The minimum Gasteiger partial charge on any atom is -0.456 e. The molecule has 0 fully saturated rings. The summed E-state index contributed by atoms with van der Waals surface area (Å²) in [6, 6.07) is 8.92. The lowest BCUT2D eigenvalue weighted by Gasteiger charge is -2.01. The molecular weight excluding hydrogens is 192 g/mol. The Bertz CT molecular complexity index is 373. The van der Waals surface area contributed by atoms with Crippen molar-refractivity contribution in [2.45, 2.75) is 13.0 Å². The molecule has 1 aromatic carbocycles. The fourth-order valence-electron chi connectivity index (χ4n) is 1.01. The number of carbonyl (C=O) groups is 1. The molecule has 0 aliphatic rings. The highest BCUT2D eigenvalue weighted by molar-refractivity contribution is 5.88. The first-order valence-electron chi connectivity index (χ1n) is 4.65. The first-order valence-corrected chi connectivity index (χ1v) is 4.65. The van der Waals surface area contributed by atoms with E-state index in [2.05, 4.69) is 16.6 Å². The Hall–Kier alpha value is -1.79. The Morgan fingerprint density at radius 2 is 2.13 bits per heavy atom. The lowest BCUT2D eigenvalue weighted by atomic mass is 10.1. The fraction of sp³-hybridized carbons (Fsp3) is 0.250. The zero-order valence-electron chi connectivity index (χ0n) is 8.43. The maximum Gasteiger partial charge on any atom is 0.384 e. The zero-order chi connectivity index (χ0) is 11.1. The predicted molar refractivity (Wildman–Crippen MR) is 55.8 cm³/mol. The van der Waals surface area contributed by atoms with Crippen molar-refractivity contribution in [3.05, 3.63) is 35.9 Å². The van der Waals surface area contributed by atoms with E-state index >= 15 is 0 Å². The molecule has 0 aliphatic carbocycles. The smallest absolute Gasteiger partial charge is 0.384 e. The molecule has 0 spiro atoms. The van der Waals surface area contributed by atoms with Crippen LogP contribution < -0.4 is 0 Å². The van der Waals surface area contributed by atoms with Crippen LogP contribution in [0.5, 0.6) is 0 Å². The molecule has 3 nitrogen and oxygen atoms in total. The second-order valence-corrected chi connectivity index (χ2v) is 2.80. The van der Waals surface area contributed by atoms with Crippen LogP contribution in [0.15, 0.2) is 30.3 Å². The van der Waals surface area contributed by atoms with Gasteiger partial charge in [0.2, 0.25) is 0 Å². The van der Waals surface area contributed by atoms with Gasteiger partial charge in [0, 0.05) is 5.92 Å². The van der Waals surface area contributed by atoms with E-state index in [4.69, 9.17) is 0 Å². The molecule has 78 valence electrons. The van der Waals surface area contributed by atoms with Crippen LogP contribution in [0.2, 0.25) is 0 Å². The quantitative estimate of drug-likeness (QED) is 0.448. The van der Waals surface area contributed by atoms with Gasteiger partial charge in [0.1, 0.15) is 6.10 Å². The van der Waals surface area contributed by atoms with E-state index < -0.39 is 12.1 Å². The van der Waals surface area contributed by atoms with E-state index in [0.29, 0.717) is 5.56 Å². The number of benzene rings is 1.